The summed E-state index contributed by atoms with van der Waals surface area (Å²) in [7, 11) is -4.06. The van der Waals surface area contributed by atoms with Gasteiger partial charge in [0.25, 0.3) is 0 Å². The van der Waals surface area contributed by atoms with Crippen LogP contribution in [0.1, 0.15) is 32.8 Å². The molecule has 0 aromatic heterocycles. The third-order valence-corrected chi connectivity index (χ3v) is 5.78. The average molecular weight is 428 g/mol. The molecule has 0 aliphatic heterocycles. The highest BCUT2D eigenvalue weighted by molar-refractivity contribution is 7.87. The maximum atomic E-state index is 13.0. The molecule has 0 heterocycles. The van der Waals surface area contributed by atoms with E-state index in [0.29, 0.717) is 6.54 Å². The molecule has 2 atom stereocenters. The van der Waals surface area contributed by atoms with E-state index in [1.54, 1.807) is 24.0 Å². The van der Waals surface area contributed by atoms with Gasteiger partial charge in [-0.2, -0.15) is 8.42 Å². The molecule has 0 radical (unpaired) electrons. The van der Waals surface area contributed by atoms with Crippen LogP contribution in [0.5, 0.6) is 5.75 Å². The van der Waals surface area contributed by atoms with E-state index >= 15 is 0 Å². The van der Waals surface area contributed by atoms with Crippen molar-refractivity contribution in [2.24, 2.45) is 0 Å². The lowest BCUT2D eigenvalue weighted by Crippen LogP contribution is -2.41. The van der Waals surface area contributed by atoms with E-state index in [1.807, 2.05) is 13.8 Å². The Morgan fingerprint density at radius 2 is 1.68 bits per heavy atom. The van der Waals surface area contributed by atoms with Crippen LogP contribution < -0.4 is 4.18 Å². The average Bonchev–Trinajstić information content (AvgIpc) is 2.66. The van der Waals surface area contributed by atoms with E-state index < -0.39 is 21.3 Å². The van der Waals surface area contributed by atoms with Crippen molar-refractivity contribution in [3.8, 4) is 5.75 Å². The first-order valence-electron chi connectivity index (χ1n) is 8.87. The smallest absolute Gasteiger partial charge is 0.339 e. The van der Waals surface area contributed by atoms with Gasteiger partial charge in [-0.15, -0.1) is 11.6 Å². The highest BCUT2D eigenvalue weighted by atomic mass is 35.5. The van der Waals surface area contributed by atoms with Crippen LogP contribution in [0.3, 0.4) is 0 Å². The molecule has 0 aliphatic rings. The minimum Gasteiger partial charge on any atom is -0.379 e. The molecular weight excluding hydrogens is 405 g/mol. The number of halogens is 2. The number of alkyl halides is 1. The SMILES string of the molecule is CC[C@H](C)N(Cc1ccc(OS(=O)(=O)c2ccc(F)cc2)cc1)C(=O)[C@@H](C)Cl. The van der Waals surface area contributed by atoms with Gasteiger partial charge in [-0.3, -0.25) is 4.79 Å². The van der Waals surface area contributed by atoms with Crippen LogP contribution in [0.15, 0.2) is 53.4 Å². The van der Waals surface area contributed by atoms with Crippen molar-refractivity contribution in [2.45, 2.75) is 50.1 Å². The quantitative estimate of drug-likeness (QED) is 0.464. The van der Waals surface area contributed by atoms with Crippen LogP contribution in [-0.2, 0) is 21.5 Å². The Morgan fingerprint density at radius 1 is 1.11 bits per heavy atom. The molecule has 0 unspecified atom stereocenters. The number of rotatable bonds is 8. The van der Waals surface area contributed by atoms with Crippen LogP contribution >= 0.6 is 11.6 Å². The van der Waals surface area contributed by atoms with Crippen LogP contribution in [0.2, 0.25) is 0 Å². The maximum absolute atomic E-state index is 13.0. The Hall–Kier alpha value is -2.12. The summed E-state index contributed by atoms with van der Waals surface area (Å²) in [6, 6.07) is 10.8. The van der Waals surface area contributed by atoms with E-state index in [4.69, 9.17) is 15.8 Å². The summed E-state index contributed by atoms with van der Waals surface area (Å²) in [5.41, 5.74) is 0.817. The summed E-state index contributed by atoms with van der Waals surface area (Å²) in [5, 5.41) is -0.627. The third kappa shape index (κ3) is 5.69. The van der Waals surface area contributed by atoms with Crippen LogP contribution in [0.25, 0.3) is 0 Å². The molecule has 0 fully saturated rings. The van der Waals surface area contributed by atoms with Crippen molar-refractivity contribution in [2.75, 3.05) is 0 Å². The summed E-state index contributed by atoms with van der Waals surface area (Å²) in [6.45, 7) is 5.93. The number of nitrogens with zero attached hydrogens (tertiary/aromatic N) is 1. The molecule has 28 heavy (non-hydrogen) atoms. The Balaban J connectivity index is 2.14. The highest BCUT2D eigenvalue weighted by Crippen LogP contribution is 2.21. The fourth-order valence-electron chi connectivity index (χ4n) is 2.52. The first-order chi connectivity index (χ1) is 13.1. The molecule has 0 spiro atoms. The van der Waals surface area contributed by atoms with Crippen molar-refractivity contribution < 1.29 is 21.8 Å². The zero-order valence-electron chi connectivity index (χ0n) is 15.9. The standard InChI is InChI=1S/C20H23ClFNO4S/c1-4-14(2)23(20(24)15(3)21)13-16-5-9-18(10-6-16)27-28(25,26)19-11-7-17(22)8-12-19/h5-12,14-15H,4,13H2,1-3H3/t14-,15+/m0/s1. The topological polar surface area (TPSA) is 63.7 Å². The summed E-state index contributed by atoms with van der Waals surface area (Å²) >= 11 is 5.95. The third-order valence-electron chi connectivity index (χ3n) is 4.33. The first kappa shape index (κ1) is 22.2. The molecule has 8 heteroatoms. The van der Waals surface area contributed by atoms with Crippen LogP contribution in [-0.4, -0.2) is 30.6 Å². The molecule has 1 amide bonds. The zero-order chi connectivity index (χ0) is 20.9. The fourth-order valence-corrected chi connectivity index (χ4v) is 3.58. The van der Waals surface area contributed by atoms with Gasteiger partial charge in [-0.1, -0.05) is 19.1 Å². The summed E-state index contributed by atoms with van der Waals surface area (Å²) < 4.78 is 42.6. The molecule has 0 saturated heterocycles. The van der Waals surface area contributed by atoms with Gasteiger partial charge >= 0.3 is 10.1 Å². The molecule has 152 valence electrons. The van der Waals surface area contributed by atoms with Gasteiger partial charge in [-0.25, -0.2) is 4.39 Å². The number of benzene rings is 2. The van der Waals surface area contributed by atoms with Crippen molar-refractivity contribution in [3.63, 3.8) is 0 Å². The van der Waals surface area contributed by atoms with Crippen molar-refractivity contribution in [1.82, 2.24) is 4.90 Å². The highest BCUT2D eigenvalue weighted by Gasteiger charge is 2.23. The van der Waals surface area contributed by atoms with Gasteiger partial charge in [0.1, 0.15) is 21.8 Å². The van der Waals surface area contributed by atoms with E-state index in [0.717, 1.165) is 36.2 Å². The molecule has 5 nitrogen and oxygen atoms in total. The van der Waals surface area contributed by atoms with E-state index in [1.165, 1.54) is 12.1 Å². The summed E-state index contributed by atoms with van der Waals surface area (Å²) in [6.07, 6.45) is 0.784. The molecule has 0 bridgehead atoms. The molecule has 2 aromatic rings. The van der Waals surface area contributed by atoms with Gasteiger partial charge in [0.05, 0.1) is 0 Å². The summed E-state index contributed by atoms with van der Waals surface area (Å²) in [4.78, 5) is 13.9. The molecular formula is C20H23ClFNO4S. The summed E-state index contributed by atoms with van der Waals surface area (Å²) in [5.74, 6) is -0.564. The Morgan fingerprint density at radius 3 is 2.18 bits per heavy atom. The lowest BCUT2D eigenvalue weighted by molar-refractivity contribution is -0.133. The minimum atomic E-state index is -4.06. The second-order valence-electron chi connectivity index (χ2n) is 6.47. The number of amides is 1. The Labute approximate surface area is 170 Å². The number of carbonyl (C=O) groups is 1. The maximum Gasteiger partial charge on any atom is 0.339 e. The lowest BCUT2D eigenvalue weighted by Gasteiger charge is -2.29. The van der Waals surface area contributed by atoms with Gasteiger partial charge in [-0.05, 0) is 62.2 Å². The van der Waals surface area contributed by atoms with E-state index in [2.05, 4.69) is 0 Å². The van der Waals surface area contributed by atoms with Crippen LogP contribution in [0.4, 0.5) is 4.39 Å². The number of hydrogen-bond acceptors (Lipinski definition) is 4. The predicted octanol–water partition coefficient (Wildman–Crippen LogP) is 4.35. The second kappa shape index (κ2) is 9.39. The van der Waals surface area contributed by atoms with Crippen molar-refractivity contribution >= 4 is 27.6 Å². The number of hydrogen-bond donors (Lipinski definition) is 0. The second-order valence-corrected chi connectivity index (χ2v) is 8.68. The first-order valence-corrected chi connectivity index (χ1v) is 10.7. The van der Waals surface area contributed by atoms with Crippen LogP contribution in [0, 0.1) is 5.82 Å². The predicted molar refractivity (Wildman–Crippen MR) is 106 cm³/mol. The van der Waals surface area contributed by atoms with Gasteiger partial charge in [0.15, 0.2) is 0 Å². The molecule has 2 rings (SSSR count). The normalized spacial score (nSPS) is 13.6. The van der Waals surface area contributed by atoms with Gasteiger partial charge in [0.2, 0.25) is 5.91 Å². The van der Waals surface area contributed by atoms with Gasteiger partial charge < -0.3 is 9.08 Å². The largest absolute Gasteiger partial charge is 0.379 e. The fraction of sp³-hybridized carbons (Fsp3) is 0.350. The van der Waals surface area contributed by atoms with Crippen molar-refractivity contribution in [3.05, 3.63) is 59.9 Å². The van der Waals surface area contributed by atoms with E-state index in [9.17, 15) is 17.6 Å². The van der Waals surface area contributed by atoms with E-state index in [-0.39, 0.29) is 22.6 Å². The molecule has 0 N–H and O–H groups in total. The Bertz CT molecular complexity index is 899. The minimum absolute atomic E-state index is 0.0171. The lowest BCUT2D eigenvalue weighted by atomic mass is 10.1. The Kier molecular flexibility index (Phi) is 7.43. The zero-order valence-corrected chi connectivity index (χ0v) is 17.5. The van der Waals surface area contributed by atoms with Gasteiger partial charge in [0, 0.05) is 12.6 Å². The molecule has 0 aliphatic carbocycles. The van der Waals surface area contributed by atoms with Crippen molar-refractivity contribution in [1.29, 1.82) is 0 Å². The molecule has 2 aromatic carbocycles. The monoisotopic (exact) mass is 427 g/mol. The number of carbonyl (C=O) groups excluding carboxylic acids is 1. The molecule has 0 saturated carbocycles.